The zero-order valence-electron chi connectivity index (χ0n) is 17.7. The van der Waals surface area contributed by atoms with Crippen LogP contribution in [0, 0.1) is 5.92 Å². The third kappa shape index (κ3) is 5.32. The summed E-state index contributed by atoms with van der Waals surface area (Å²) in [5.41, 5.74) is 2.38. The minimum atomic E-state index is -0.541. The lowest BCUT2D eigenvalue weighted by molar-refractivity contribution is -0.135. The molecule has 4 rings (SSSR count). The summed E-state index contributed by atoms with van der Waals surface area (Å²) in [6.07, 6.45) is 4.31. The number of likely N-dealkylation sites (tertiary alicyclic amines) is 1. The van der Waals surface area contributed by atoms with Gasteiger partial charge in [0.25, 0.3) is 5.91 Å². The normalized spacial score (nSPS) is 17.1. The van der Waals surface area contributed by atoms with Crippen LogP contribution in [0.2, 0.25) is 0 Å². The Morgan fingerprint density at radius 3 is 2.45 bits per heavy atom. The first-order valence-electron chi connectivity index (χ1n) is 11.0. The van der Waals surface area contributed by atoms with Crippen LogP contribution in [0.5, 0.6) is 0 Å². The minimum Gasteiger partial charge on any atom is -0.452 e. The Kier molecular flexibility index (Phi) is 6.65. The van der Waals surface area contributed by atoms with Crippen molar-refractivity contribution in [2.45, 2.75) is 32.1 Å². The van der Waals surface area contributed by atoms with Crippen molar-refractivity contribution < 1.29 is 19.1 Å². The zero-order valence-corrected chi connectivity index (χ0v) is 17.7. The molecular weight excluding hydrogens is 392 g/mol. The van der Waals surface area contributed by atoms with Gasteiger partial charge in [0.1, 0.15) is 0 Å². The van der Waals surface area contributed by atoms with Crippen LogP contribution < -0.4 is 4.90 Å². The maximum absolute atomic E-state index is 12.5. The Morgan fingerprint density at radius 1 is 0.968 bits per heavy atom. The molecule has 6 nitrogen and oxygen atoms in total. The van der Waals surface area contributed by atoms with E-state index in [1.807, 2.05) is 12.1 Å². The van der Waals surface area contributed by atoms with Gasteiger partial charge in [0, 0.05) is 31.7 Å². The van der Waals surface area contributed by atoms with Crippen LogP contribution in [0.4, 0.5) is 5.69 Å². The summed E-state index contributed by atoms with van der Waals surface area (Å²) in [7, 11) is 0. The van der Waals surface area contributed by atoms with Gasteiger partial charge in [-0.3, -0.25) is 9.59 Å². The lowest BCUT2D eigenvalue weighted by Crippen LogP contribution is -2.41. The fourth-order valence-corrected chi connectivity index (χ4v) is 4.36. The number of esters is 1. The number of amides is 2. The van der Waals surface area contributed by atoms with E-state index in [1.165, 1.54) is 5.56 Å². The number of ether oxygens (including phenoxy) is 1. The number of piperidine rings is 1. The number of anilines is 1. The average molecular weight is 421 g/mol. The van der Waals surface area contributed by atoms with Crippen LogP contribution in [0.1, 0.15) is 41.6 Å². The summed E-state index contributed by atoms with van der Waals surface area (Å²) in [5, 5.41) is 0. The number of rotatable bonds is 6. The molecule has 0 aromatic heterocycles. The van der Waals surface area contributed by atoms with E-state index in [4.69, 9.17) is 4.74 Å². The molecule has 0 bridgehead atoms. The summed E-state index contributed by atoms with van der Waals surface area (Å²) >= 11 is 0. The lowest BCUT2D eigenvalue weighted by atomic mass is 9.90. The first-order valence-corrected chi connectivity index (χ1v) is 11.0. The van der Waals surface area contributed by atoms with E-state index in [9.17, 15) is 14.4 Å². The predicted octanol–water partition coefficient (Wildman–Crippen LogP) is 3.45. The SMILES string of the molecule is O=C(OCC(=O)N1CCC(Cc2ccccc2)CC1)c1cccc(N2CCCC2=O)c1. The third-order valence-corrected chi connectivity index (χ3v) is 6.13. The van der Waals surface area contributed by atoms with Crippen molar-refractivity contribution in [1.29, 1.82) is 0 Å². The summed E-state index contributed by atoms with van der Waals surface area (Å²) in [6.45, 7) is 1.80. The first-order chi connectivity index (χ1) is 15.1. The van der Waals surface area contributed by atoms with Gasteiger partial charge in [-0.1, -0.05) is 36.4 Å². The highest BCUT2D eigenvalue weighted by atomic mass is 16.5. The largest absolute Gasteiger partial charge is 0.452 e. The molecule has 0 atom stereocenters. The molecular formula is C25H28N2O4. The fourth-order valence-electron chi connectivity index (χ4n) is 4.36. The van der Waals surface area contributed by atoms with Crippen molar-refractivity contribution in [3.63, 3.8) is 0 Å². The standard InChI is InChI=1S/C25H28N2O4/c28-23-10-5-13-27(23)22-9-4-8-21(17-22)25(30)31-18-24(29)26-14-11-20(12-15-26)16-19-6-2-1-3-7-19/h1-4,6-9,17,20H,5,10-16,18H2. The van der Waals surface area contributed by atoms with Crippen molar-refractivity contribution in [2.75, 3.05) is 31.1 Å². The Labute approximate surface area is 182 Å². The molecule has 2 aliphatic rings. The molecule has 2 heterocycles. The van der Waals surface area contributed by atoms with Crippen LogP contribution in [0.3, 0.4) is 0 Å². The second-order valence-corrected chi connectivity index (χ2v) is 8.29. The van der Waals surface area contributed by atoms with Crippen molar-refractivity contribution in [3.05, 3.63) is 65.7 Å². The van der Waals surface area contributed by atoms with Crippen molar-refractivity contribution in [3.8, 4) is 0 Å². The number of hydrogen-bond acceptors (Lipinski definition) is 4. The van der Waals surface area contributed by atoms with Gasteiger partial charge in [-0.25, -0.2) is 4.79 Å². The average Bonchev–Trinajstić information content (AvgIpc) is 3.24. The van der Waals surface area contributed by atoms with Crippen LogP contribution >= 0.6 is 0 Å². The van der Waals surface area contributed by atoms with Gasteiger partial charge in [0.2, 0.25) is 5.91 Å². The molecule has 0 radical (unpaired) electrons. The summed E-state index contributed by atoms with van der Waals surface area (Å²) < 4.78 is 5.28. The van der Waals surface area contributed by atoms with Crippen LogP contribution in [0.25, 0.3) is 0 Å². The quantitative estimate of drug-likeness (QED) is 0.672. The molecule has 2 fully saturated rings. The maximum Gasteiger partial charge on any atom is 0.338 e. The van der Waals surface area contributed by atoms with Crippen LogP contribution in [-0.2, 0) is 20.7 Å². The first kappa shape index (κ1) is 21.1. The van der Waals surface area contributed by atoms with Gasteiger partial charge in [-0.05, 0) is 55.4 Å². The van der Waals surface area contributed by atoms with E-state index in [1.54, 1.807) is 28.0 Å². The summed E-state index contributed by atoms with van der Waals surface area (Å²) in [4.78, 5) is 40.4. The van der Waals surface area contributed by atoms with Gasteiger partial charge >= 0.3 is 5.97 Å². The van der Waals surface area contributed by atoms with Crippen molar-refractivity contribution >= 4 is 23.5 Å². The smallest absolute Gasteiger partial charge is 0.338 e. The van der Waals surface area contributed by atoms with E-state index >= 15 is 0 Å². The van der Waals surface area contributed by atoms with E-state index in [0.717, 1.165) is 25.7 Å². The molecule has 2 aliphatic heterocycles. The number of hydrogen-bond donors (Lipinski definition) is 0. The maximum atomic E-state index is 12.5. The Bertz CT molecular complexity index is 936. The molecule has 2 aromatic carbocycles. The lowest BCUT2D eigenvalue weighted by Gasteiger charge is -2.32. The number of benzene rings is 2. The monoisotopic (exact) mass is 420 g/mol. The number of carbonyl (C=O) groups excluding carboxylic acids is 3. The van der Waals surface area contributed by atoms with Gasteiger partial charge in [-0.2, -0.15) is 0 Å². The third-order valence-electron chi connectivity index (χ3n) is 6.13. The second kappa shape index (κ2) is 9.77. The minimum absolute atomic E-state index is 0.0661. The molecule has 0 aliphatic carbocycles. The molecule has 31 heavy (non-hydrogen) atoms. The number of nitrogens with zero attached hydrogens (tertiary/aromatic N) is 2. The topological polar surface area (TPSA) is 66.9 Å². The number of carbonyl (C=O) groups is 3. The molecule has 0 saturated carbocycles. The fraction of sp³-hybridized carbons (Fsp3) is 0.400. The second-order valence-electron chi connectivity index (χ2n) is 8.29. The van der Waals surface area contributed by atoms with E-state index in [2.05, 4.69) is 24.3 Å². The van der Waals surface area contributed by atoms with Gasteiger partial charge in [0.15, 0.2) is 6.61 Å². The Hall–Kier alpha value is -3.15. The Balaban J connectivity index is 1.24. The van der Waals surface area contributed by atoms with Gasteiger partial charge < -0.3 is 14.5 Å². The molecule has 2 aromatic rings. The van der Waals surface area contributed by atoms with Gasteiger partial charge in [0.05, 0.1) is 5.56 Å². The molecule has 2 amide bonds. The molecule has 162 valence electrons. The van der Waals surface area contributed by atoms with Crippen molar-refractivity contribution in [1.82, 2.24) is 4.90 Å². The van der Waals surface area contributed by atoms with E-state index in [-0.39, 0.29) is 18.4 Å². The highest BCUT2D eigenvalue weighted by molar-refractivity contribution is 5.97. The highest BCUT2D eigenvalue weighted by Gasteiger charge is 2.25. The molecule has 0 unspecified atom stereocenters. The van der Waals surface area contributed by atoms with Gasteiger partial charge in [-0.15, -0.1) is 0 Å². The van der Waals surface area contributed by atoms with E-state index < -0.39 is 5.97 Å². The summed E-state index contributed by atoms with van der Waals surface area (Å²) in [6, 6.07) is 17.3. The summed E-state index contributed by atoms with van der Waals surface area (Å²) in [5.74, 6) is -0.0559. The molecule has 0 N–H and O–H groups in total. The van der Waals surface area contributed by atoms with Crippen LogP contribution in [0.15, 0.2) is 54.6 Å². The van der Waals surface area contributed by atoms with E-state index in [0.29, 0.717) is 43.2 Å². The zero-order chi connectivity index (χ0) is 21.6. The molecule has 0 spiro atoms. The molecule has 6 heteroatoms. The Morgan fingerprint density at radius 2 is 1.74 bits per heavy atom. The van der Waals surface area contributed by atoms with Crippen molar-refractivity contribution in [2.24, 2.45) is 5.92 Å². The van der Waals surface area contributed by atoms with Crippen LogP contribution in [-0.4, -0.2) is 48.9 Å². The predicted molar refractivity (Wildman–Crippen MR) is 118 cm³/mol. The molecule has 2 saturated heterocycles. The highest BCUT2D eigenvalue weighted by Crippen LogP contribution is 2.23.